The van der Waals surface area contributed by atoms with Crippen molar-refractivity contribution in [2.75, 3.05) is 5.73 Å². The molecule has 2 N–H and O–H groups in total. The molecular weight excluding hydrogens is 270 g/mol. The van der Waals surface area contributed by atoms with Gasteiger partial charge in [0.15, 0.2) is 5.75 Å². The first kappa shape index (κ1) is 14.5. The van der Waals surface area contributed by atoms with Crippen LogP contribution in [0.4, 0.5) is 11.4 Å². The lowest BCUT2D eigenvalue weighted by atomic mass is 10.1. The molecule has 2 aromatic rings. The lowest BCUT2D eigenvalue weighted by Gasteiger charge is -2.04. The van der Waals surface area contributed by atoms with Crippen molar-refractivity contribution in [3.63, 3.8) is 0 Å². The zero-order valence-electron chi connectivity index (χ0n) is 11.7. The Bertz CT molecular complexity index is 694. The summed E-state index contributed by atoms with van der Waals surface area (Å²) in [5.74, 6) is 0.230. The topological polar surface area (TPSA) is 90.8 Å². The maximum atomic E-state index is 10.8. The number of rotatable bonds is 4. The molecule has 2 aromatic carbocycles. The summed E-state index contributed by atoms with van der Waals surface area (Å²) >= 11 is 0. The monoisotopic (exact) mass is 285 g/mol. The number of oxime groups is 1. The Labute approximate surface area is 122 Å². The Balaban J connectivity index is 2.20. The third-order valence-electron chi connectivity index (χ3n) is 2.88. The van der Waals surface area contributed by atoms with Crippen LogP contribution in [0.15, 0.2) is 47.6 Å². The number of aryl methyl sites for hydroxylation is 1. The summed E-state index contributed by atoms with van der Waals surface area (Å²) in [4.78, 5) is 15.5. The Morgan fingerprint density at radius 2 is 1.90 bits per heavy atom. The number of hydrogen-bond donors (Lipinski definition) is 1. The van der Waals surface area contributed by atoms with Crippen LogP contribution >= 0.6 is 0 Å². The largest absolute Gasteiger partial charge is 0.398 e. The molecule has 0 aromatic heterocycles. The molecule has 0 spiro atoms. The first-order chi connectivity index (χ1) is 9.95. The minimum atomic E-state index is -0.528. The predicted molar refractivity (Wildman–Crippen MR) is 81.5 cm³/mol. The van der Waals surface area contributed by atoms with Crippen LogP contribution in [0.1, 0.15) is 18.1 Å². The van der Waals surface area contributed by atoms with Crippen LogP contribution in [0.2, 0.25) is 0 Å². The van der Waals surface area contributed by atoms with Crippen LogP contribution in [-0.4, -0.2) is 10.6 Å². The summed E-state index contributed by atoms with van der Waals surface area (Å²) in [5.41, 5.74) is 8.45. The van der Waals surface area contributed by atoms with Crippen LogP contribution in [0, 0.1) is 17.0 Å². The Hall–Kier alpha value is -2.89. The van der Waals surface area contributed by atoms with E-state index in [1.54, 1.807) is 6.92 Å². The van der Waals surface area contributed by atoms with Gasteiger partial charge in [0, 0.05) is 17.8 Å². The molecule has 0 amide bonds. The van der Waals surface area contributed by atoms with E-state index in [1.807, 2.05) is 31.2 Å². The Kier molecular flexibility index (Phi) is 4.18. The van der Waals surface area contributed by atoms with Crippen molar-refractivity contribution in [3.05, 3.63) is 63.7 Å². The second-order valence-electron chi connectivity index (χ2n) is 4.65. The molecule has 6 nitrogen and oxygen atoms in total. The summed E-state index contributed by atoms with van der Waals surface area (Å²) in [6, 6.07) is 11.8. The highest BCUT2D eigenvalue weighted by Crippen LogP contribution is 2.24. The van der Waals surface area contributed by atoms with Crippen LogP contribution in [0.5, 0.6) is 5.75 Å². The van der Waals surface area contributed by atoms with E-state index < -0.39 is 4.92 Å². The maximum absolute atomic E-state index is 10.8. The van der Waals surface area contributed by atoms with E-state index in [1.165, 1.54) is 18.2 Å². The Morgan fingerprint density at radius 1 is 1.24 bits per heavy atom. The van der Waals surface area contributed by atoms with E-state index in [0.717, 1.165) is 11.1 Å². The third-order valence-corrected chi connectivity index (χ3v) is 2.88. The minimum Gasteiger partial charge on any atom is -0.398 e. The highest BCUT2D eigenvalue weighted by Gasteiger charge is 2.09. The Morgan fingerprint density at radius 3 is 2.52 bits per heavy atom. The number of benzene rings is 2. The molecule has 0 aliphatic carbocycles. The van der Waals surface area contributed by atoms with Crippen molar-refractivity contribution in [3.8, 4) is 5.75 Å². The van der Waals surface area contributed by atoms with Crippen LogP contribution in [0.3, 0.4) is 0 Å². The van der Waals surface area contributed by atoms with Crippen molar-refractivity contribution in [2.45, 2.75) is 13.8 Å². The van der Waals surface area contributed by atoms with Crippen molar-refractivity contribution >= 4 is 17.1 Å². The molecular formula is C15H15N3O3. The van der Waals surface area contributed by atoms with Gasteiger partial charge < -0.3 is 10.6 Å². The van der Waals surface area contributed by atoms with E-state index in [4.69, 9.17) is 10.6 Å². The number of nitro benzene ring substituents is 1. The number of nitrogens with zero attached hydrogens (tertiary/aromatic N) is 2. The highest BCUT2D eigenvalue weighted by molar-refractivity contribution is 5.98. The van der Waals surface area contributed by atoms with Gasteiger partial charge in [-0.25, -0.2) is 0 Å². The van der Waals surface area contributed by atoms with E-state index in [0.29, 0.717) is 5.71 Å². The summed E-state index contributed by atoms with van der Waals surface area (Å²) in [5, 5.41) is 14.7. The number of nitrogen functional groups attached to an aromatic ring is 1. The number of nitrogens with two attached hydrogens (primary N) is 1. The molecule has 6 heteroatoms. The summed E-state index contributed by atoms with van der Waals surface area (Å²) in [7, 11) is 0. The van der Waals surface area contributed by atoms with Gasteiger partial charge >= 0.3 is 0 Å². The molecule has 0 fully saturated rings. The standard InChI is InChI=1S/C15H15N3O3/c1-10-3-5-12(6-4-10)11(2)17-21-15-8-13(16)7-14(9-15)18(19)20/h3-9H,16H2,1-2H3/b17-11-. The molecule has 0 heterocycles. The fourth-order valence-corrected chi connectivity index (χ4v) is 1.73. The van der Waals surface area contributed by atoms with E-state index in [9.17, 15) is 10.1 Å². The smallest absolute Gasteiger partial charge is 0.275 e. The van der Waals surface area contributed by atoms with Gasteiger partial charge in [0.2, 0.25) is 0 Å². The number of anilines is 1. The van der Waals surface area contributed by atoms with Gasteiger partial charge in [0.1, 0.15) is 0 Å². The zero-order valence-corrected chi connectivity index (χ0v) is 11.7. The quantitative estimate of drug-likeness (QED) is 0.404. The summed E-state index contributed by atoms with van der Waals surface area (Å²) < 4.78 is 0. The fraction of sp³-hybridized carbons (Fsp3) is 0.133. The highest BCUT2D eigenvalue weighted by atomic mass is 16.6. The molecule has 0 bridgehead atoms. The fourth-order valence-electron chi connectivity index (χ4n) is 1.73. The average molecular weight is 285 g/mol. The summed E-state index contributed by atoms with van der Waals surface area (Å²) in [6.07, 6.45) is 0. The normalized spacial score (nSPS) is 11.2. The third kappa shape index (κ3) is 3.79. The number of hydrogen-bond acceptors (Lipinski definition) is 5. The second-order valence-corrected chi connectivity index (χ2v) is 4.65. The molecule has 0 aliphatic heterocycles. The molecule has 0 radical (unpaired) electrons. The molecule has 108 valence electrons. The first-order valence-electron chi connectivity index (χ1n) is 6.29. The van der Waals surface area contributed by atoms with Crippen LogP contribution < -0.4 is 10.6 Å². The second kappa shape index (κ2) is 6.04. The molecule has 0 atom stereocenters. The lowest BCUT2D eigenvalue weighted by Crippen LogP contribution is -1.99. The van der Waals surface area contributed by atoms with Crippen molar-refractivity contribution < 1.29 is 9.76 Å². The zero-order chi connectivity index (χ0) is 15.4. The maximum Gasteiger partial charge on any atom is 0.275 e. The molecule has 0 aliphatic rings. The van der Waals surface area contributed by atoms with Crippen molar-refractivity contribution in [2.24, 2.45) is 5.16 Å². The van der Waals surface area contributed by atoms with Crippen molar-refractivity contribution in [1.29, 1.82) is 0 Å². The molecule has 0 unspecified atom stereocenters. The number of nitro groups is 1. The average Bonchev–Trinajstić information content (AvgIpc) is 2.45. The SMILES string of the molecule is C/C(=N/Oc1cc(N)cc([N+](=O)[O-])c1)c1ccc(C)cc1. The van der Waals surface area contributed by atoms with Gasteiger partial charge in [-0.15, -0.1) is 0 Å². The van der Waals surface area contributed by atoms with E-state index >= 15 is 0 Å². The van der Waals surface area contributed by atoms with Gasteiger partial charge in [-0.1, -0.05) is 35.0 Å². The van der Waals surface area contributed by atoms with Gasteiger partial charge in [-0.05, 0) is 19.4 Å². The van der Waals surface area contributed by atoms with Crippen molar-refractivity contribution in [1.82, 2.24) is 0 Å². The number of non-ortho nitro benzene ring substituents is 1. The lowest BCUT2D eigenvalue weighted by molar-refractivity contribution is -0.384. The first-order valence-corrected chi connectivity index (χ1v) is 6.29. The minimum absolute atomic E-state index is 0.131. The molecule has 21 heavy (non-hydrogen) atoms. The van der Waals surface area contributed by atoms with E-state index in [2.05, 4.69) is 5.16 Å². The van der Waals surface area contributed by atoms with Gasteiger partial charge in [-0.2, -0.15) is 0 Å². The van der Waals surface area contributed by atoms with Gasteiger partial charge in [0.05, 0.1) is 16.7 Å². The van der Waals surface area contributed by atoms with Crippen LogP contribution in [-0.2, 0) is 0 Å². The molecule has 0 saturated carbocycles. The van der Waals surface area contributed by atoms with Gasteiger partial charge in [0.25, 0.3) is 5.69 Å². The predicted octanol–water partition coefficient (Wildman–Crippen LogP) is 3.29. The molecule has 2 rings (SSSR count). The van der Waals surface area contributed by atoms with Gasteiger partial charge in [-0.3, -0.25) is 10.1 Å². The summed E-state index contributed by atoms with van der Waals surface area (Å²) in [6.45, 7) is 3.80. The van der Waals surface area contributed by atoms with E-state index in [-0.39, 0.29) is 17.1 Å². The van der Waals surface area contributed by atoms with Crippen LogP contribution in [0.25, 0.3) is 0 Å². The molecule has 0 saturated heterocycles.